The third kappa shape index (κ3) is 5.83. The summed E-state index contributed by atoms with van der Waals surface area (Å²) in [4.78, 5) is 16.0. The van der Waals surface area contributed by atoms with Crippen molar-refractivity contribution in [3.05, 3.63) is 65.0 Å². The molecule has 1 heterocycles. The van der Waals surface area contributed by atoms with Crippen LogP contribution in [0.2, 0.25) is 0 Å². The van der Waals surface area contributed by atoms with Gasteiger partial charge in [-0.15, -0.1) is 4.52 Å². The van der Waals surface area contributed by atoms with Gasteiger partial charge in [-0.05, 0) is 43.9 Å². The Balaban J connectivity index is 1.81. The van der Waals surface area contributed by atoms with Gasteiger partial charge in [-0.1, -0.05) is 24.3 Å². The van der Waals surface area contributed by atoms with E-state index < -0.39 is 26.4 Å². The molecule has 3 aromatic rings. The van der Waals surface area contributed by atoms with Crippen LogP contribution in [0.1, 0.15) is 42.3 Å². The highest BCUT2D eigenvalue weighted by Gasteiger charge is 2.26. The van der Waals surface area contributed by atoms with Gasteiger partial charge in [0.2, 0.25) is 0 Å². The molecule has 3 rings (SSSR count). The van der Waals surface area contributed by atoms with Crippen molar-refractivity contribution in [1.82, 2.24) is 4.98 Å². The van der Waals surface area contributed by atoms with Crippen molar-refractivity contribution in [3.8, 4) is 11.5 Å². The topological polar surface area (TPSA) is 147 Å². The zero-order valence-electron chi connectivity index (χ0n) is 18.6. The van der Waals surface area contributed by atoms with Crippen LogP contribution in [0.15, 0.2) is 42.6 Å². The number of hydrogen-bond donors (Lipinski definition) is 3. The van der Waals surface area contributed by atoms with Crippen LogP contribution in [-0.4, -0.2) is 22.1 Å². The number of nitrogens with two attached hydrogens (primary N) is 2. The molecule has 5 N–H and O–H groups in total. The number of ether oxygens (including phenoxy) is 1. The van der Waals surface area contributed by atoms with E-state index in [2.05, 4.69) is 4.98 Å². The van der Waals surface area contributed by atoms with Gasteiger partial charge in [-0.3, -0.25) is 9.78 Å². The maximum atomic E-state index is 12.6. The first-order valence-electron chi connectivity index (χ1n) is 10.3. The standard InChI is InChI=1S/C23H26N3O6P/c1-13(25)23(28)31-15(3)17-8-16-6-4-5-7-19(16)21(9-17)32-33(29)30-12-18-11-26-14(2)22(27)20(18)10-24/h4-9,11,13,15H,10,12,24-25H2,1-3H3/p+1/t13-,15?/m0/s1. The van der Waals surface area contributed by atoms with E-state index >= 15 is 0 Å². The van der Waals surface area contributed by atoms with Gasteiger partial charge in [0, 0.05) is 33.8 Å². The Bertz CT molecular complexity index is 1180. The molecule has 0 aliphatic carbocycles. The molecule has 0 saturated carbocycles. The molecule has 174 valence electrons. The van der Waals surface area contributed by atoms with E-state index in [1.807, 2.05) is 30.3 Å². The summed E-state index contributed by atoms with van der Waals surface area (Å²) < 4.78 is 29.0. The number of pyridine rings is 1. The molecule has 0 spiro atoms. The van der Waals surface area contributed by atoms with Crippen LogP contribution >= 0.6 is 8.25 Å². The summed E-state index contributed by atoms with van der Waals surface area (Å²) in [5, 5.41) is 11.7. The smallest absolute Gasteiger partial charge is 0.506 e. The fourth-order valence-electron chi connectivity index (χ4n) is 3.22. The summed E-state index contributed by atoms with van der Waals surface area (Å²) in [7, 11) is -2.58. The predicted molar refractivity (Wildman–Crippen MR) is 124 cm³/mol. The quantitative estimate of drug-likeness (QED) is 0.311. The maximum Gasteiger partial charge on any atom is 0.750 e. The minimum absolute atomic E-state index is 0.0104. The van der Waals surface area contributed by atoms with E-state index in [4.69, 9.17) is 25.3 Å². The number of hydrogen-bond acceptors (Lipinski definition) is 9. The molecular formula is C23H27N3O6P+. The van der Waals surface area contributed by atoms with Gasteiger partial charge in [0.25, 0.3) is 0 Å². The average Bonchev–Trinajstić information content (AvgIpc) is 2.79. The van der Waals surface area contributed by atoms with Crippen molar-refractivity contribution < 1.29 is 28.3 Å². The molecule has 0 fully saturated rings. The summed E-state index contributed by atoms with van der Waals surface area (Å²) in [5.41, 5.74) is 13.4. The average molecular weight is 472 g/mol. The fraction of sp³-hybridized carbons (Fsp3) is 0.304. The minimum atomic E-state index is -2.58. The summed E-state index contributed by atoms with van der Waals surface area (Å²) >= 11 is 0. The van der Waals surface area contributed by atoms with Gasteiger partial charge in [0.15, 0.2) is 5.75 Å². The lowest BCUT2D eigenvalue weighted by Gasteiger charge is -2.16. The van der Waals surface area contributed by atoms with E-state index in [-0.39, 0.29) is 18.9 Å². The Labute approximate surface area is 192 Å². The Morgan fingerprint density at radius 2 is 1.97 bits per heavy atom. The molecule has 10 heteroatoms. The van der Waals surface area contributed by atoms with Gasteiger partial charge in [-0.25, -0.2) is 4.52 Å². The molecule has 2 aromatic carbocycles. The normalized spacial score (nSPS) is 13.4. The number of aromatic nitrogens is 1. The third-order valence-electron chi connectivity index (χ3n) is 5.11. The zero-order valence-corrected chi connectivity index (χ0v) is 19.5. The lowest BCUT2D eigenvalue weighted by atomic mass is 10.0. The van der Waals surface area contributed by atoms with Gasteiger partial charge in [0.1, 0.15) is 24.5 Å². The highest BCUT2D eigenvalue weighted by atomic mass is 31.1. The first-order valence-corrected chi connectivity index (χ1v) is 11.4. The Morgan fingerprint density at radius 3 is 2.67 bits per heavy atom. The Hall–Kier alpha value is -3.10. The van der Waals surface area contributed by atoms with Gasteiger partial charge in [-0.2, -0.15) is 0 Å². The van der Waals surface area contributed by atoms with Crippen LogP contribution in [0.25, 0.3) is 10.8 Å². The van der Waals surface area contributed by atoms with Crippen molar-refractivity contribution >= 4 is 25.0 Å². The highest BCUT2D eigenvalue weighted by Crippen LogP contribution is 2.38. The number of carbonyl (C=O) groups is 1. The lowest BCUT2D eigenvalue weighted by Crippen LogP contribution is -2.29. The van der Waals surface area contributed by atoms with Crippen molar-refractivity contribution in [2.45, 2.75) is 46.1 Å². The molecule has 1 aromatic heterocycles. The van der Waals surface area contributed by atoms with Crippen LogP contribution < -0.4 is 16.0 Å². The molecule has 0 amide bonds. The number of carbonyl (C=O) groups excluding carboxylic acids is 1. The Kier molecular flexibility index (Phi) is 7.94. The summed E-state index contributed by atoms with van der Waals surface area (Å²) in [6, 6.07) is 10.2. The van der Waals surface area contributed by atoms with E-state index in [1.54, 1.807) is 26.8 Å². The molecule has 0 radical (unpaired) electrons. The minimum Gasteiger partial charge on any atom is -0.506 e. The van der Waals surface area contributed by atoms with Crippen molar-refractivity contribution in [3.63, 3.8) is 0 Å². The van der Waals surface area contributed by atoms with Gasteiger partial charge < -0.3 is 21.3 Å². The second-order valence-electron chi connectivity index (χ2n) is 7.60. The molecular weight excluding hydrogens is 445 g/mol. The number of aromatic hydroxyl groups is 1. The summed E-state index contributed by atoms with van der Waals surface area (Å²) in [6.07, 6.45) is 0.924. The molecule has 0 bridgehead atoms. The number of fused-ring (bicyclic) bond motifs is 1. The zero-order chi connectivity index (χ0) is 24.1. The molecule has 9 nitrogen and oxygen atoms in total. The van der Waals surface area contributed by atoms with Crippen LogP contribution in [0.3, 0.4) is 0 Å². The van der Waals surface area contributed by atoms with Crippen LogP contribution in [0.4, 0.5) is 0 Å². The van der Waals surface area contributed by atoms with E-state index in [0.717, 1.165) is 10.8 Å². The highest BCUT2D eigenvalue weighted by molar-refractivity contribution is 7.33. The monoisotopic (exact) mass is 472 g/mol. The second-order valence-corrected chi connectivity index (χ2v) is 8.48. The molecule has 2 unspecified atom stereocenters. The van der Waals surface area contributed by atoms with Crippen molar-refractivity contribution in [2.75, 3.05) is 0 Å². The van der Waals surface area contributed by atoms with E-state index in [1.165, 1.54) is 6.20 Å². The third-order valence-corrected chi connectivity index (χ3v) is 5.80. The van der Waals surface area contributed by atoms with Crippen LogP contribution in [-0.2, 0) is 31.8 Å². The second kappa shape index (κ2) is 10.7. The fourth-order valence-corrected chi connectivity index (χ4v) is 3.83. The molecule has 0 aliphatic heterocycles. The number of esters is 1. The predicted octanol–water partition coefficient (Wildman–Crippen LogP) is 3.91. The van der Waals surface area contributed by atoms with Gasteiger partial charge in [0.05, 0.1) is 5.69 Å². The number of nitrogens with zero attached hydrogens (tertiary/aromatic N) is 1. The first kappa shape index (κ1) is 24.5. The summed E-state index contributed by atoms with van der Waals surface area (Å²) in [5.74, 6) is -0.223. The van der Waals surface area contributed by atoms with E-state index in [9.17, 15) is 14.5 Å². The Morgan fingerprint density at radius 1 is 1.24 bits per heavy atom. The molecule has 3 atom stereocenters. The van der Waals surface area contributed by atoms with Crippen molar-refractivity contribution in [2.24, 2.45) is 11.5 Å². The van der Waals surface area contributed by atoms with Gasteiger partial charge >= 0.3 is 14.2 Å². The van der Waals surface area contributed by atoms with Crippen LogP contribution in [0.5, 0.6) is 11.5 Å². The summed E-state index contributed by atoms with van der Waals surface area (Å²) in [6.45, 7) is 4.90. The van der Waals surface area contributed by atoms with Crippen molar-refractivity contribution in [1.29, 1.82) is 0 Å². The SMILES string of the molecule is Cc1ncc(CO[P+](=O)Oc2cc(C(C)OC(=O)[C@H](C)N)cc3ccccc23)c(CN)c1O. The van der Waals surface area contributed by atoms with E-state index in [0.29, 0.717) is 28.1 Å². The first-order chi connectivity index (χ1) is 15.7. The number of benzene rings is 2. The number of aryl methyl sites for hydroxylation is 1. The largest absolute Gasteiger partial charge is 0.750 e. The van der Waals surface area contributed by atoms with Crippen LogP contribution in [0, 0.1) is 6.92 Å². The lowest BCUT2D eigenvalue weighted by molar-refractivity contribution is -0.149. The molecule has 0 aliphatic rings. The maximum absolute atomic E-state index is 12.6. The molecule has 0 saturated heterocycles. The molecule has 33 heavy (non-hydrogen) atoms. The number of rotatable bonds is 9.